The summed E-state index contributed by atoms with van der Waals surface area (Å²) in [4.78, 5) is 17.7. The number of hydrogen-bond donors (Lipinski definition) is 2. The fraction of sp³-hybridized carbons (Fsp3) is 0.0769. The first-order valence-electron chi connectivity index (χ1n) is 5.30. The number of aromatic amines is 1. The number of aliphatic carboxylic acids is 1. The third-order valence-corrected chi connectivity index (χ3v) is 2.42. The maximum absolute atomic E-state index is 12.8. The topological polar surface area (TPSA) is 66.0 Å². The maximum Gasteiger partial charge on any atom is 0.328 e. The number of hydrogen-bond acceptors (Lipinski definition) is 2. The molecule has 1 heterocycles. The number of carbonyl (C=O) groups is 1. The molecule has 0 aliphatic carbocycles. The van der Waals surface area contributed by atoms with Crippen molar-refractivity contribution < 1.29 is 14.3 Å². The first-order chi connectivity index (χ1) is 8.56. The van der Waals surface area contributed by atoms with E-state index >= 15 is 0 Å². The minimum absolute atomic E-state index is 0.312. The largest absolute Gasteiger partial charge is 0.478 e. The Kier molecular flexibility index (Phi) is 3.23. The first kappa shape index (κ1) is 12.0. The SMILES string of the molecule is Cc1[nH]c(-c2ccc(F)cc2)nc1/C=C/C(=O)O. The molecule has 18 heavy (non-hydrogen) atoms. The minimum Gasteiger partial charge on any atom is -0.478 e. The summed E-state index contributed by atoms with van der Waals surface area (Å²) in [5.74, 6) is -0.758. The van der Waals surface area contributed by atoms with Crippen LogP contribution in [0.1, 0.15) is 11.4 Å². The van der Waals surface area contributed by atoms with Gasteiger partial charge in [-0.1, -0.05) is 0 Å². The summed E-state index contributed by atoms with van der Waals surface area (Å²) in [6.07, 6.45) is 2.44. The van der Waals surface area contributed by atoms with E-state index in [1.54, 1.807) is 19.1 Å². The highest BCUT2D eigenvalue weighted by Crippen LogP contribution is 2.19. The summed E-state index contributed by atoms with van der Waals surface area (Å²) < 4.78 is 12.8. The second-order valence-corrected chi connectivity index (χ2v) is 3.77. The van der Waals surface area contributed by atoms with Crippen molar-refractivity contribution in [3.63, 3.8) is 0 Å². The summed E-state index contributed by atoms with van der Waals surface area (Å²) in [6.45, 7) is 1.79. The Hall–Kier alpha value is -2.43. The standard InChI is InChI=1S/C13H11FN2O2/c1-8-11(6-7-12(17)18)16-13(15-8)9-2-4-10(14)5-3-9/h2-7H,1H3,(H,15,16)(H,17,18)/b7-6+. The van der Waals surface area contributed by atoms with E-state index in [9.17, 15) is 9.18 Å². The van der Waals surface area contributed by atoms with Crippen molar-refractivity contribution in [1.82, 2.24) is 9.97 Å². The van der Waals surface area contributed by atoms with E-state index < -0.39 is 5.97 Å². The number of aromatic nitrogens is 2. The number of nitrogens with zero attached hydrogens (tertiary/aromatic N) is 1. The molecule has 5 heteroatoms. The molecule has 2 N–H and O–H groups in total. The van der Waals surface area contributed by atoms with Gasteiger partial charge in [0.15, 0.2) is 0 Å². The molecule has 0 unspecified atom stereocenters. The maximum atomic E-state index is 12.8. The zero-order valence-corrected chi connectivity index (χ0v) is 9.64. The number of benzene rings is 1. The van der Waals surface area contributed by atoms with Crippen LogP contribution in [0, 0.1) is 12.7 Å². The summed E-state index contributed by atoms with van der Waals surface area (Å²) in [5.41, 5.74) is 2.05. The molecule has 0 saturated heterocycles. The Labute approximate surface area is 103 Å². The Morgan fingerprint density at radius 2 is 2.06 bits per heavy atom. The van der Waals surface area contributed by atoms with Crippen molar-refractivity contribution in [2.75, 3.05) is 0 Å². The van der Waals surface area contributed by atoms with Gasteiger partial charge in [0.25, 0.3) is 0 Å². The third-order valence-electron chi connectivity index (χ3n) is 2.42. The molecule has 0 aliphatic heterocycles. The summed E-state index contributed by atoms with van der Waals surface area (Å²) in [6, 6.07) is 5.91. The van der Waals surface area contributed by atoms with Crippen LogP contribution in [-0.4, -0.2) is 21.0 Å². The number of nitrogens with one attached hydrogen (secondary N) is 1. The van der Waals surface area contributed by atoms with Gasteiger partial charge in [0.05, 0.1) is 5.69 Å². The lowest BCUT2D eigenvalue weighted by Crippen LogP contribution is -1.86. The van der Waals surface area contributed by atoms with Crippen molar-refractivity contribution in [3.05, 3.63) is 47.5 Å². The van der Waals surface area contributed by atoms with Crippen molar-refractivity contribution in [2.24, 2.45) is 0 Å². The fourth-order valence-corrected chi connectivity index (χ4v) is 1.53. The second-order valence-electron chi connectivity index (χ2n) is 3.77. The van der Waals surface area contributed by atoms with Gasteiger partial charge in [-0.15, -0.1) is 0 Å². The highest BCUT2D eigenvalue weighted by atomic mass is 19.1. The quantitative estimate of drug-likeness (QED) is 0.818. The molecule has 0 saturated carbocycles. The molecule has 0 bridgehead atoms. The van der Waals surface area contributed by atoms with Crippen LogP contribution in [0.15, 0.2) is 30.3 Å². The predicted molar refractivity (Wildman–Crippen MR) is 65.4 cm³/mol. The molecule has 2 aromatic rings. The minimum atomic E-state index is -1.03. The average molecular weight is 246 g/mol. The molecule has 0 aliphatic rings. The summed E-state index contributed by atoms with van der Waals surface area (Å²) in [7, 11) is 0. The first-order valence-corrected chi connectivity index (χ1v) is 5.30. The van der Waals surface area contributed by atoms with Crippen molar-refractivity contribution >= 4 is 12.0 Å². The monoisotopic (exact) mass is 246 g/mol. The molecule has 0 radical (unpaired) electrons. The highest BCUT2D eigenvalue weighted by molar-refractivity contribution is 5.85. The van der Waals surface area contributed by atoms with Gasteiger partial charge in [-0.25, -0.2) is 14.2 Å². The molecule has 4 nitrogen and oxygen atoms in total. The van der Waals surface area contributed by atoms with Crippen LogP contribution in [0.25, 0.3) is 17.5 Å². The van der Waals surface area contributed by atoms with Crippen molar-refractivity contribution in [2.45, 2.75) is 6.92 Å². The van der Waals surface area contributed by atoms with E-state index in [-0.39, 0.29) is 5.82 Å². The molecular formula is C13H11FN2O2. The number of imidazole rings is 1. The van der Waals surface area contributed by atoms with E-state index in [2.05, 4.69) is 9.97 Å². The van der Waals surface area contributed by atoms with E-state index in [4.69, 9.17) is 5.11 Å². The lowest BCUT2D eigenvalue weighted by molar-refractivity contribution is -0.131. The van der Waals surface area contributed by atoms with Gasteiger partial charge in [0, 0.05) is 17.3 Å². The second kappa shape index (κ2) is 4.83. The number of halogens is 1. The van der Waals surface area contributed by atoms with Gasteiger partial charge in [0.1, 0.15) is 11.6 Å². The van der Waals surface area contributed by atoms with Crippen LogP contribution < -0.4 is 0 Å². The molecule has 1 aromatic heterocycles. The van der Waals surface area contributed by atoms with Gasteiger partial charge in [-0.05, 0) is 37.3 Å². The normalized spacial score (nSPS) is 11.0. The van der Waals surface area contributed by atoms with Crippen LogP contribution in [0.5, 0.6) is 0 Å². The summed E-state index contributed by atoms with van der Waals surface area (Å²) in [5, 5.41) is 8.55. The fourth-order valence-electron chi connectivity index (χ4n) is 1.53. The smallest absolute Gasteiger partial charge is 0.328 e. The van der Waals surface area contributed by atoms with Gasteiger partial charge in [0.2, 0.25) is 0 Å². The number of H-pyrrole nitrogens is 1. The number of carboxylic acids is 1. The van der Waals surface area contributed by atoms with Crippen LogP contribution in [0.4, 0.5) is 4.39 Å². The van der Waals surface area contributed by atoms with Gasteiger partial charge in [-0.2, -0.15) is 0 Å². The Morgan fingerprint density at radius 1 is 1.39 bits per heavy atom. The van der Waals surface area contributed by atoms with E-state index in [1.165, 1.54) is 18.2 Å². The average Bonchev–Trinajstić information content (AvgIpc) is 2.69. The lowest BCUT2D eigenvalue weighted by Gasteiger charge is -1.95. The molecule has 1 aromatic carbocycles. The number of aryl methyl sites for hydroxylation is 1. The molecular weight excluding hydrogens is 235 g/mol. The predicted octanol–water partition coefficient (Wildman–Crippen LogP) is 2.62. The van der Waals surface area contributed by atoms with E-state index in [0.717, 1.165) is 17.3 Å². The zero-order chi connectivity index (χ0) is 13.1. The van der Waals surface area contributed by atoms with Crippen LogP contribution >= 0.6 is 0 Å². The van der Waals surface area contributed by atoms with Crippen molar-refractivity contribution in [1.29, 1.82) is 0 Å². The van der Waals surface area contributed by atoms with Crippen LogP contribution in [-0.2, 0) is 4.79 Å². The van der Waals surface area contributed by atoms with Gasteiger partial charge >= 0.3 is 5.97 Å². The Bertz CT molecular complexity index is 600. The Balaban J connectivity index is 2.34. The van der Waals surface area contributed by atoms with Crippen molar-refractivity contribution in [3.8, 4) is 11.4 Å². The van der Waals surface area contributed by atoms with E-state index in [1.807, 2.05) is 0 Å². The molecule has 0 spiro atoms. The van der Waals surface area contributed by atoms with E-state index in [0.29, 0.717) is 11.5 Å². The number of carboxylic acid groups (broad SMARTS) is 1. The number of rotatable bonds is 3. The Morgan fingerprint density at radius 3 is 2.67 bits per heavy atom. The molecule has 2 rings (SSSR count). The van der Waals surface area contributed by atoms with Gasteiger partial charge in [-0.3, -0.25) is 0 Å². The lowest BCUT2D eigenvalue weighted by atomic mass is 10.2. The van der Waals surface area contributed by atoms with Crippen LogP contribution in [0.3, 0.4) is 0 Å². The van der Waals surface area contributed by atoms with Crippen LogP contribution in [0.2, 0.25) is 0 Å². The molecule has 92 valence electrons. The molecule has 0 amide bonds. The van der Waals surface area contributed by atoms with Gasteiger partial charge < -0.3 is 10.1 Å². The zero-order valence-electron chi connectivity index (χ0n) is 9.64. The molecule has 0 fully saturated rings. The highest BCUT2D eigenvalue weighted by Gasteiger charge is 2.06. The third kappa shape index (κ3) is 2.63. The molecule has 0 atom stereocenters. The summed E-state index contributed by atoms with van der Waals surface area (Å²) >= 11 is 0.